The summed E-state index contributed by atoms with van der Waals surface area (Å²) in [6.45, 7) is 0. The molecule has 6 heteroatoms. The second kappa shape index (κ2) is 3.25. The van der Waals surface area contributed by atoms with Crippen LogP contribution in [-0.2, 0) is 0 Å². The summed E-state index contributed by atoms with van der Waals surface area (Å²) in [5.74, 6) is 0. The van der Waals surface area contributed by atoms with Crippen molar-refractivity contribution in [2.45, 2.75) is 0 Å². The Morgan fingerprint density at radius 1 is 1.21 bits per heavy atom. The van der Waals surface area contributed by atoms with Crippen LogP contribution in [0.15, 0.2) is 26.2 Å². The molecule has 1 aromatic heterocycles. The van der Waals surface area contributed by atoms with Gasteiger partial charge >= 0.3 is 5.69 Å². The van der Waals surface area contributed by atoms with E-state index >= 15 is 0 Å². The van der Waals surface area contributed by atoms with E-state index in [4.69, 9.17) is 11.6 Å². The standard InChI is InChI=1S/C8H4BrClN2O2/c9-5-4(10)2-1-3-6(5)11-8(14)12-7(3)13/h1-2H,(H2,11,12,13,14). The van der Waals surface area contributed by atoms with Crippen molar-refractivity contribution in [1.82, 2.24) is 9.97 Å². The molecule has 0 saturated heterocycles. The summed E-state index contributed by atoms with van der Waals surface area (Å²) >= 11 is 9.01. The van der Waals surface area contributed by atoms with Crippen LogP contribution in [0.4, 0.5) is 0 Å². The minimum atomic E-state index is -0.550. The summed E-state index contributed by atoms with van der Waals surface area (Å²) in [6.07, 6.45) is 0. The molecule has 0 aliphatic heterocycles. The van der Waals surface area contributed by atoms with Gasteiger partial charge in [0, 0.05) is 0 Å². The van der Waals surface area contributed by atoms with E-state index < -0.39 is 11.2 Å². The smallest absolute Gasteiger partial charge is 0.306 e. The number of aromatic nitrogens is 2. The van der Waals surface area contributed by atoms with Crippen molar-refractivity contribution in [2.24, 2.45) is 0 Å². The first kappa shape index (κ1) is 9.48. The summed E-state index contributed by atoms with van der Waals surface area (Å²) in [5, 5.41) is 0.833. The molecule has 0 radical (unpaired) electrons. The van der Waals surface area contributed by atoms with Crippen LogP contribution in [-0.4, -0.2) is 9.97 Å². The zero-order chi connectivity index (χ0) is 10.3. The molecule has 0 fully saturated rings. The van der Waals surface area contributed by atoms with Gasteiger partial charge in [-0.3, -0.25) is 9.78 Å². The van der Waals surface area contributed by atoms with Gasteiger partial charge in [-0.1, -0.05) is 11.6 Å². The van der Waals surface area contributed by atoms with Gasteiger partial charge in [0.2, 0.25) is 0 Å². The van der Waals surface area contributed by atoms with Crippen molar-refractivity contribution in [3.8, 4) is 0 Å². The Balaban J connectivity index is 3.10. The van der Waals surface area contributed by atoms with E-state index in [9.17, 15) is 9.59 Å². The first-order valence-electron chi connectivity index (χ1n) is 3.70. The van der Waals surface area contributed by atoms with Crippen molar-refractivity contribution in [2.75, 3.05) is 0 Å². The Morgan fingerprint density at radius 2 is 1.93 bits per heavy atom. The van der Waals surface area contributed by atoms with Gasteiger partial charge in [0.25, 0.3) is 5.56 Å². The second-order valence-electron chi connectivity index (χ2n) is 2.69. The maximum atomic E-state index is 11.3. The predicted molar refractivity (Wildman–Crippen MR) is 57.9 cm³/mol. The highest BCUT2D eigenvalue weighted by Gasteiger charge is 2.06. The monoisotopic (exact) mass is 274 g/mol. The molecule has 0 aliphatic carbocycles. The summed E-state index contributed by atoms with van der Waals surface area (Å²) in [7, 11) is 0. The van der Waals surface area contributed by atoms with E-state index in [1.807, 2.05) is 0 Å². The first-order chi connectivity index (χ1) is 6.59. The third-order valence-electron chi connectivity index (χ3n) is 1.81. The van der Waals surface area contributed by atoms with Crippen LogP contribution in [0.2, 0.25) is 5.02 Å². The van der Waals surface area contributed by atoms with Gasteiger partial charge in [-0.25, -0.2) is 4.79 Å². The van der Waals surface area contributed by atoms with Crippen LogP contribution < -0.4 is 11.2 Å². The highest BCUT2D eigenvalue weighted by atomic mass is 79.9. The van der Waals surface area contributed by atoms with E-state index in [0.29, 0.717) is 20.4 Å². The molecule has 0 atom stereocenters. The van der Waals surface area contributed by atoms with Crippen LogP contribution in [0.5, 0.6) is 0 Å². The molecule has 2 rings (SSSR count). The maximum Gasteiger partial charge on any atom is 0.326 e. The number of fused-ring (bicyclic) bond motifs is 1. The molecular weight excluding hydrogens is 271 g/mol. The van der Waals surface area contributed by atoms with E-state index in [0.717, 1.165) is 0 Å². The Kier molecular flexibility index (Phi) is 2.20. The Bertz CT molecular complexity index is 617. The number of aromatic amines is 2. The lowest BCUT2D eigenvalue weighted by molar-refractivity contribution is 1.08. The van der Waals surface area contributed by atoms with E-state index in [1.165, 1.54) is 0 Å². The molecule has 0 saturated carbocycles. The lowest BCUT2D eigenvalue weighted by atomic mass is 10.2. The number of hydrogen-bond donors (Lipinski definition) is 2. The molecule has 2 N–H and O–H groups in total. The molecule has 1 heterocycles. The van der Waals surface area contributed by atoms with Crippen LogP contribution in [0, 0.1) is 0 Å². The van der Waals surface area contributed by atoms with Gasteiger partial charge in [-0.2, -0.15) is 0 Å². The quantitative estimate of drug-likeness (QED) is 0.767. The van der Waals surface area contributed by atoms with Gasteiger partial charge in [-0.15, -0.1) is 0 Å². The number of nitrogens with one attached hydrogen (secondary N) is 2. The summed E-state index contributed by atoms with van der Waals surface area (Å²) < 4.78 is 0.514. The van der Waals surface area contributed by atoms with Crippen LogP contribution in [0.25, 0.3) is 10.9 Å². The lowest BCUT2D eigenvalue weighted by Crippen LogP contribution is -2.21. The fourth-order valence-corrected chi connectivity index (χ4v) is 1.78. The zero-order valence-electron chi connectivity index (χ0n) is 6.73. The third kappa shape index (κ3) is 1.38. The molecule has 4 nitrogen and oxygen atoms in total. The topological polar surface area (TPSA) is 65.7 Å². The molecule has 1 aromatic carbocycles. The minimum absolute atomic E-state index is 0.390. The first-order valence-corrected chi connectivity index (χ1v) is 4.87. The Labute approximate surface area is 91.0 Å². The van der Waals surface area contributed by atoms with E-state index in [1.54, 1.807) is 12.1 Å². The number of benzene rings is 1. The van der Waals surface area contributed by atoms with Crippen molar-refractivity contribution in [1.29, 1.82) is 0 Å². The Morgan fingerprint density at radius 3 is 2.64 bits per heavy atom. The number of H-pyrrole nitrogens is 2. The van der Waals surface area contributed by atoms with Gasteiger partial charge in [0.05, 0.1) is 20.4 Å². The summed E-state index contributed by atoms with van der Waals surface area (Å²) in [6, 6.07) is 3.14. The molecular formula is C8H4BrClN2O2. The predicted octanol–water partition coefficient (Wildman–Crippen LogP) is 1.63. The van der Waals surface area contributed by atoms with Crippen LogP contribution in [0.3, 0.4) is 0 Å². The number of hydrogen-bond acceptors (Lipinski definition) is 2. The molecule has 14 heavy (non-hydrogen) atoms. The van der Waals surface area contributed by atoms with E-state index in [-0.39, 0.29) is 0 Å². The zero-order valence-corrected chi connectivity index (χ0v) is 9.07. The lowest BCUT2D eigenvalue weighted by Gasteiger charge is -2.00. The van der Waals surface area contributed by atoms with Gasteiger partial charge in [0.1, 0.15) is 0 Å². The van der Waals surface area contributed by atoms with Gasteiger partial charge in [-0.05, 0) is 28.1 Å². The number of rotatable bonds is 0. The summed E-state index contributed by atoms with van der Waals surface area (Å²) in [5.41, 5.74) is -0.571. The highest BCUT2D eigenvalue weighted by molar-refractivity contribution is 9.10. The van der Waals surface area contributed by atoms with E-state index in [2.05, 4.69) is 25.9 Å². The normalized spacial score (nSPS) is 10.7. The fourth-order valence-electron chi connectivity index (χ4n) is 1.18. The minimum Gasteiger partial charge on any atom is -0.306 e. The molecule has 0 aliphatic rings. The molecule has 0 bridgehead atoms. The van der Waals surface area contributed by atoms with Crippen molar-refractivity contribution in [3.05, 3.63) is 42.5 Å². The number of halogens is 2. The fraction of sp³-hybridized carbons (Fsp3) is 0. The largest absolute Gasteiger partial charge is 0.326 e. The molecule has 0 amide bonds. The Hall–Kier alpha value is -1.07. The average molecular weight is 275 g/mol. The van der Waals surface area contributed by atoms with Crippen molar-refractivity contribution < 1.29 is 0 Å². The second-order valence-corrected chi connectivity index (χ2v) is 3.89. The van der Waals surface area contributed by atoms with Gasteiger partial charge < -0.3 is 4.98 Å². The average Bonchev–Trinajstić information content (AvgIpc) is 2.12. The van der Waals surface area contributed by atoms with Gasteiger partial charge in [0.15, 0.2) is 0 Å². The summed E-state index contributed by atoms with van der Waals surface area (Å²) in [4.78, 5) is 26.9. The highest BCUT2D eigenvalue weighted by Crippen LogP contribution is 2.27. The SMILES string of the molecule is O=c1[nH]c(=O)c2ccc(Cl)c(Br)c2[nH]1. The molecule has 0 spiro atoms. The molecule has 0 unspecified atom stereocenters. The molecule has 72 valence electrons. The van der Waals surface area contributed by atoms with Crippen molar-refractivity contribution >= 4 is 38.4 Å². The van der Waals surface area contributed by atoms with Crippen LogP contribution in [0.1, 0.15) is 0 Å². The molecule has 2 aromatic rings. The van der Waals surface area contributed by atoms with Crippen LogP contribution >= 0.6 is 27.5 Å². The third-order valence-corrected chi connectivity index (χ3v) is 3.17. The van der Waals surface area contributed by atoms with Crippen molar-refractivity contribution in [3.63, 3.8) is 0 Å². The maximum absolute atomic E-state index is 11.3.